The fraction of sp³-hybridized carbons (Fsp3) is 0.517. The first-order valence-electron chi connectivity index (χ1n) is 26.7. The maximum atomic E-state index is 14.5. The Kier molecular flexibility index (Phi) is 28.7. The van der Waals surface area contributed by atoms with E-state index >= 15 is 0 Å². The number of carbonyl (C=O) groups is 4. The fourth-order valence-electron chi connectivity index (χ4n) is 9.66. The largest absolute Gasteiger partial charge is 1.00 e. The Morgan fingerprint density at radius 1 is 0.650 bits per heavy atom. The zero-order valence-corrected chi connectivity index (χ0v) is 45.1. The van der Waals surface area contributed by atoms with Crippen LogP contribution in [0.5, 0.6) is 11.5 Å². The molecule has 434 valence electrons. The molecular weight excluding hydrogens is 1040 g/mol. The van der Waals surface area contributed by atoms with E-state index in [0.717, 1.165) is 63.0 Å². The van der Waals surface area contributed by atoms with Gasteiger partial charge in [0, 0.05) is 101 Å². The summed E-state index contributed by atoms with van der Waals surface area (Å²) in [6.07, 6.45) is 8.51. The minimum atomic E-state index is -1.44. The number of hydrogen-bond donors (Lipinski definition) is 5. The summed E-state index contributed by atoms with van der Waals surface area (Å²) < 4.78 is 68.1. The van der Waals surface area contributed by atoms with Crippen molar-refractivity contribution in [3.05, 3.63) is 118 Å². The van der Waals surface area contributed by atoms with Gasteiger partial charge in [-0.25, -0.2) is 18.4 Å². The Hall–Kier alpha value is -5.86. The van der Waals surface area contributed by atoms with Crippen LogP contribution in [0, 0.1) is 11.6 Å². The fourth-order valence-corrected chi connectivity index (χ4v) is 9.66. The normalized spacial score (nSPS) is 17.0. The third-order valence-corrected chi connectivity index (χ3v) is 13.5. The van der Waals surface area contributed by atoms with Crippen LogP contribution in [-0.4, -0.2) is 140 Å². The molecular formula is C58H77F2LiN4O15. The molecule has 0 radical (unpaired) electrons. The number of unbranched alkanes of at least 4 members (excludes halogenated alkanes) is 2. The van der Waals surface area contributed by atoms with Crippen LogP contribution in [0.2, 0.25) is 0 Å². The van der Waals surface area contributed by atoms with Crippen molar-refractivity contribution in [1.82, 2.24) is 9.80 Å². The first-order chi connectivity index (χ1) is 37.5. The van der Waals surface area contributed by atoms with Crippen molar-refractivity contribution in [2.24, 2.45) is 0 Å². The average molecular weight is 1120 g/mol. The molecule has 19 nitrogen and oxygen atoms in total. The number of aliphatic hydroxyl groups excluding tert-OH is 2. The number of ether oxygens (including phenoxy) is 7. The van der Waals surface area contributed by atoms with E-state index in [9.17, 15) is 33.1 Å². The van der Waals surface area contributed by atoms with Crippen molar-refractivity contribution in [1.29, 1.82) is 0 Å². The summed E-state index contributed by atoms with van der Waals surface area (Å²) in [5.41, 5.74) is 3.97. The van der Waals surface area contributed by atoms with Crippen LogP contribution in [0.1, 0.15) is 140 Å². The van der Waals surface area contributed by atoms with E-state index in [2.05, 4.69) is 10.6 Å². The van der Waals surface area contributed by atoms with Crippen molar-refractivity contribution in [3.8, 4) is 11.5 Å². The number of aliphatic hydroxyl groups is 2. The number of carboxylic acid groups (broad SMARTS) is 1. The zero-order chi connectivity index (χ0) is 54.5. The number of carboxylic acids is 1. The van der Waals surface area contributed by atoms with Crippen LogP contribution in [0.25, 0.3) is 0 Å². The number of nitrogens with zero attached hydrogens (tertiary/aromatic N) is 2. The topological polar surface area (TPSA) is 254 Å². The second-order valence-corrected chi connectivity index (χ2v) is 19.1. The maximum Gasteiger partial charge on any atom is 1.00 e. The van der Waals surface area contributed by atoms with Crippen molar-refractivity contribution < 1.29 is 101 Å². The SMILES string of the molecule is C.COC(=O)C(c1cc(F)ccc1OC1CCCCO1)N1Cc2cccc(NCCCCOCCCO)c2C1=O.O=C(O)C(c1cc(F)ccc1OC1CCCCO1)N1Cc2cccc(NCCCCOCCCO)c2C1=O.[Li+].[OH-]. The number of fused-ring (bicyclic) bond motifs is 2. The van der Waals surface area contributed by atoms with Gasteiger partial charge in [0.1, 0.15) is 23.1 Å². The quantitative estimate of drug-likeness (QED) is 0.0257. The van der Waals surface area contributed by atoms with Gasteiger partial charge in [0.25, 0.3) is 11.8 Å². The first kappa shape index (κ1) is 66.6. The van der Waals surface area contributed by atoms with E-state index in [1.54, 1.807) is 12.1 Å². The van der Waals surface area contributed by atoms with Crippen LogP contribution < -0.4 is 39.0 Å². The zero-order valence-electron chi connectivity index (χ0n) is 45.1. The molecule has 4 aromatic rings. The molecule has 4 aliphatic heterocycles. The molecule has 8 rings (SSSR count). The molecule has 4 aliphatic rings. The summed E-state index contributed by atoms with van der Waals surface area (Å²) in [7, 11) is 1.24. The predicted octanol–water partition coefficient (Wildman–Crippen LogP) is 5.76. The molecule has 0 spiro atoms. The molecule has 22 heteroatoms. The minimum absolute atomic E-state index is 0. The monoisotopic (exact) mass is 1110 g/mol. The number of esters is 1. The number of aliphatic carboxylic acids is 1. The van der Waals surface area contributed by atoms with Crippen LogP contribution in [0.4, 0.5) is 20.2 Å². The summed E-state index contributed by atoms with van der Waals surface area (Å²) in [6, 6.07) is 16.0. The van der Waals surface area contributed by atoms with Crippen LogP contribution in [-0.2, 0) is 46.4 Å². The van der Waals surface area contributed by atoms with Crippen LogP contribution >= 0.6 is 0 Å². The predicted molar refractivity (Wildman–Crippen MR) is 288 cm³/mol. The number of amides is 2. The van der Waals surface area contributed by atoms with E-state index < -0.39 is 54.1 Å². The van der Waals surface area contributed by atoms with E-state index in [1.807, 2.05) is 24.3 Å². The van der Waals surface area contributed by atoms with Crippen LogP contribution in [0.3, 0.4) is 0 Å². The average Bonchev–Trinajstić information content (AvgIpc) is 4.00. The van der Waals surface area contributed by atoms with Gasteiger partial charge in [-0.2, -0.15) is 0 Å². The number of methoxy groups -OCH3 is 1. The van der Waals surface area contributed by atoms with E-state index in [0.29, 0.717) is 106 Å². The summed E-state index contributed by atoms with van der Waals surface area (Å²) in [6.45, 7) is 5.07. The molecule has 0 bridgehead atoms. The van der Waals surface area contributed by atoms with Crippen molar-refractivity contribution in [2.45, 2.75) is 122 Å². The van der Waals surface area contributed by atoms with Gasteiger partial charge in [-0.3, -0.25) is 9.59 Å². The van der Waals surface area contributed by atoms with E-state index in [1.165, 1.54) is 47.2 Å². The van der Waals surface area contributed by atoms with Gasteiger partial charge in [0.2, 0.25) is 0 Å². The number of anilines is 2. The Balaban J connectivity index is 0.000000332. The molecule has 2 saturated heterocycles. The first-order valence-corrected chi connectivity index (χ1v) is 26.7. The molecule has 6 N–H and O–H groups in total. The Bertz CT molecular complexity index is 2590. The summed E-state index contributed by atoms with van der Waals surface area (Å²) >= 11 is 0. The summed E-state index contributed by atoms with van der Waals surface area (Å²) in [5, 5.41) is 34.4. The van der Waals surface area contributed by atoms with Crippen LogP contribution in [0.15, 0.2) is 72.8 Å². The van der Waals surface area contributed by atoms with Gasteiger partial charge in [-0.05, 0) is 124 Å². The molecule has 0 saturated carbocycles. The van der Waals surface area contributed by atoms with Gasteiger partial charge in [0.15, 0.2) is 24.7 Å². The number of rotatable bonds is 28. The molecule has 4 unspecified atom stereocenters. The van der Waals surface area contributed by atoms with Crippen molar-refractivity contribution in [3.63, 3.8) is 0 Å². The van der Waals surface area contributed by atoms with Gasteiger partial charge in [-0.1, -0.05) is 31.7 Å². The molecule has 2 fully saturated rings. The molecule has 4 atom stereocenters. The third kappa shape index (κ3) is 18.1. The number of hydrogen-bond acceptors (Lipinski definition) is 16. The van der Waals surface area contributed by atoms with Gasteiger partial charge >= 0.3 is 30.8 Å². The van der Waals surface area contributed by atoms with E-state index in [4.69, 9.17) is 43.4 Å². The summed E-state index contributed by atoms with van der Waals surface area (Å²) in [4.78, 5) is 55.6. The summed E-state index contributed by atoms with van der Waals surface area (Å²) in [5.74, 6) is -3.45. The second kappa shape index (κ2) is 34.4. The molecule has 0 aliphatic carbocycles. The van der Waals surface area contributed by atoms with E-state index in [-0.39, 0.29) is 86.6 Å². The van der Waals surface area contributed by atoms with Gasteiger partial charge < -0.3 is 74.4 Å². The van der Waals surface area contributed by atoms with Crippen molar-refractivity contribution in [2.75, 3.05) is 83.7 Å². The Morgan fingerprint density at radius 3 is 1.50 bits per heavy atom. The van der Waals surface area contributed by atoms with Gasteiger partial charge in [-0.15, -0.1) is 0 Å². The smallest absolute Gasteiger partial charge is 0.870 e. The standard InChI is InChI=1S/C29H37FN2O7.C28H35FN2O7.CH4.Li.H2O/c1-36-29(35)27(22-18-21(30)11-12-24(22)39-25-10-2-4-17-38-25)32-19-20-8-6-9-23(26(20)28(32)34)31-13-3-5-15-37-16-7-14-33;29-20-10-11-23(38-24-9-1-3-16-37-24)21(17-20)26(28(34)35)31-18-19-7-5-8-22(25(19)27(31)33)30-12-2-4-14-36-15-6-13-32;;;/h6,8-9,11-12,18,25,27,31,33H,2-5,7,10,13-17,19H2,1H3;5,7-8,10-11,17,24,26,30,32H,1-4,6,9,12-16,18H2,(H,34,35);1H4;;1H2/q;;;+1;/p-1. The number of halogens is 2. The van der Waals surface area contributed by atoms with Crippen molar-refractivity contribution >= 4 is 35.1 Å². The molecule has 2 amide bonds. The molecule has 4 heterocycles. The van der Waals surface area contributed by atoms with Gasteiger partial charge in [0.05, 0.1) is 31.5 Å². The molecule has 0 aromatic heterocycles. The molecule has 4 aromatic carbocycles. The number of carbonyl (C=O) groups excluding carboxylic acids is 3. The number of nitrogens with one attached hydrogen (secondary N) is 2. The molecule has 80 heavy (non-hydrogen) atoms. The number of benzene rings is 4. The third-order valence-electron chi connectivity index (χ3n) is 13.5. The Labute approximate surface area is 479 Å². The maximum absolute atomic E-state index is 14.5. The minimum Gasteiger partial charge on any atom is -0.870 e. The Morgan fingerprint density at radius 2 is 1.09 bits per heavy atom. The second-order valence-electron chi connectivity index (χ2n) is 19.1.